The smallest absolute Gasteiger partial charge is 0.335 e. The summed E-state index contributed by atoms with van der Waals surface area (Å²) in [6, 6.07) is 6.31. The molecule has 2 heterocycles. The number of carbonyl (C=O) groups is 2. The topological polar surface area (TPSA) is 99.9 Å². The number of amides is 1. The van der Waals surface area contributed by atoms with Crippen molar-refractivity contribution >= 4 is 21.9 Å². The number of carboxylic acids is 1. The maximum absolute atomic E-state index is 12.9. The van der Waals surface area contributed by atoms with Crippen molar-refractivity contribution < 1.29 is 23.1 Å². The number of hydrogen-bond donors (Lipinski definition) is 1. The number of aryl methyl sites for hydroxylation is 1. The van der Waals surface area contributed by atoms with Crippen molar-refractivity contribution in [1.29, 1.82) is 0 Å². The van der Waals surface area contributed by atoms with E-state index in [-0.39, 0.29) is 28.6 Å². The van der Waals surface area contributed by atoms with E-state index in [1.165, 1.54) is 30.9 Å². The molecule has 1 aliphatic heterocycles. The summed E-state index contributed by atoms with van der Waals surface area (Å²) in [7, 11) is 0.869. The number of aromatic carboxylic acids is 1. The van der Waals surface area contributed by atoms with Crippen LogP contribution in [-0.4, -0.2) is 59.8 Å². The molecule has 0 saturated heterocycles. The summed E-state index contributed by atoms with van der Waals surface area (Å²) >= 11 is 0. The molecule has 1 N–H and O–H groups in total. The number of nitrogens with zero attached hydrogens (tertiary/aromatic N) is 3. The summed E-state index contributed by atoms with van der Waals surface area (Å²) in [6.45, 7) is 0.773. The zero-order valence-corrected chi connectivity index (χ0v) is 16.2. The SMILES string of the molecule is CN(C)S(=O)(=O)c1cc(C(=O)N2CCc3ccc(C(=O)O)cc3C2)n(C)c1. The Bertz CT molecular complexity index is 1020. The molecule has 1 aliphatic rings. The zero-order chi connectivity index (χ0) is 19.9. The second kappa shape index (κ2) is 6.82. The zero-order valence-electron chi connectivity index (χ0n) is 15.3. The molecule has 0 atom stereocenters. The molecule has 144 valence electrons. The lowest BCUT2D eigenvalue weighted by molar-refractivity contribution is 0.0696. The van der Waals surface area contributed by atoms with E-state index in [1.54, 1.807) is 30.1 Å². The van der Waals surface area contributed by atoms with Gasteiger partial charge in [-0.15, -0.1) is 0 Å². The van der Waals surface area contributed by atoms with Crippen LogP contribution in [0.3, 0.4) is 0 Å². The lowest BCUT2D eigenvalue weighted by atomic mass is 9.97. The first kappa shape index (κ1) is 19.1. The average molecular weight is 391 g/mol. The van der Waals surface area contributed by atoms with Crippen LogP contribution in [0.2, 0.25) is 0 Å². The lowest BCUT2D eigenvalue weighted by Crippen LogP contribution is -2.36. The molecular formula is C18H21N3O5S. The van der Waals surface area contributed by atoms with E-state index >= 15 is 0 Å². The standard InChI is InChI=1S/C18H21N3O5S/c1-19(2)27(25,26)15-9-16(20(3)11-15)17(22)21-7-6-12-4-5-13(18(23)24)8-14(12)10-21/h4-5,8-9,11H,6-7,10H2,1-3H3,(H,23,24). The Morgan fingerprint density at radius 1 is 1.15 bits per heavy atom. The van der Waals surface area contributed by atoms with Gasteiger partial charge in [-0.2, -0.15) is 0 Å². The Kier molecular flexibility index (Phi) is 4.83. The number of carbonyl (C=O) groups excluding carboxylic acids is 1. The predicted molar refractivity (Wildman–Crippen MR) is 98.1 cm³/mol. The number of aromatic nitrogens is 1. The summed E-state index contributed by atoms with van der Waals surface area (Å²) in [6.07, 6.45) is 2.04. The van der Waals surface area contributed by atoms with E-state index in [0.717, 1.165) is 15.4 Å². The largest absolute Gasteiger partial charge is 0.478 e. The number of sulfonamides is 1. The van der Waals surface area contributed by atoms with Gasteiger partial charge < -0.3 is 14.6 Å². The maximum Gasteiger partial charge on any atom is 0.335 e. The van der Waals surface area contributed by atoms with Crippen LogP contribution < -0.4 is 0 Å². The number of fused-ring (bicyclic) bond motifs is 1. The molecule has 0 bridgehead atoms. The third-order valence-electron chi connectivity index (χ3n) is 4.73. The molecule has 0 spiro atoms. The van der Waals surface area contributed by atoms with Gasteiger partial charge in [-0.3, -0.25) is 4.79 Å². The molecule has 3 rings (SSSR count). The molecule has 9 heteroatoms. The van der Waals surface area contributed by atoms with Gasteiger partial charge in [-0.1, -0.05) is 6.07 Å². The third kappa shape index (κ3) is 3.47. The second-order valence-corrected chi connectivity index (χ2v) is 8.88. The van der Waals surface area contributed by atoms with Crippen molar-refractivity contribution in [2.24, 2.45) is 7.05 Å². The minimum Gasteiger partial charge on any atom is -0.478 e. The van der Waals surface area contributed by atoms with Gasteiger partial charge in [0.25, 0.3) is 5.91 Å². The second-order valence-electron chi connectivity index (χ2n) is 6.72. The Morgan fingerprint density at radius 2 is 1.85 bits per heavy atom. The molecule has 1 aromatic heterocycles. The highest BCUT2D eigenvalue weighted by atomic mass is 32.2. The summed E-state index contributed by atoms with van der Waals surface area (Å²) in [4.78, 5) is 25.8. The van der Waals surface area contributed by atoms with Crippen molar-refractivity contribution in [2.75, 3.05) is 20.6 Å². The van der Waals surface area contributed by atoms with Gasteiger partial charge in [0.05, 0.1) is 5.56 Å². The van der Waals surface area contributed by atoms with Crippen LogP contribution in [0.15, 0.2) is 35.4 Å². The number of carboxylic acid groups (broad SMARTS) is 1. The van der Waals surface area contributed by atoms with E-state index < -0.39 is 16.0 Å². The van der Waals surface area contributed by atoms with Crippen LogP contribution in [0.25, 0.3) is 0 Å². The number of benzene rings is 1. The highest BCUT2D eigenvalue weighted by Gasteiger charge is 2.27. The molecule has 0 saturated carbocycles. The van der Waals surface area contributed by atoms with Gasteiger partial charge >= 0.3 is 5.97 Å². The summed E-state index contributed by atoms with van der Waals surface area (Å²) < 4.78 is 27.2. The molecule has 1 aromatic carbocycles. The Morgan fingerprint density at radius 3 is 2.48 bits per heavy atom. The maximum atomic E-state index is 12.9. The van der Waals surface area contributed by atoms with Crippen molar-refractivity contribution in [3.8, 4) is 0 Å². The number of rotatable bonds is 4. The average Bonchev–Trinajstić information content (AvgIpc) is 3.02. The molecular weight excluding hydrogens is 370 g/mol. The molecule has 27 heavy (non-hydrogen) atoms. The highest BCUT2D eigenvalue weighted by molar-refractivity contribution is 7.89. The summed E-state index contributed by atoms with van der Waals surface area (Å²) in [5.41, 5.74) is 2.27. The van der Waals surface area contributed by atoms with Gasteiger partial charge in [0.2, 0.25) is 10.0 Å². The van der Waals surface area contributed by atoms with Crippen molar-refractivity contribution in [2.45, 2.75) is 17.9 Å². The van der Waals surface area contributed by atoms with E-state index in [2.05, 4.69) is 0 Å². The van der Waals surface area contributed by atoms with E-state index in [0.29, 0.717) is 13.0 Å². The third-order valence-corrected chi connectivity index (χ3v) is 6.51. The van der Waals surface area contributed by atoms with Crippen LogP contribution in [-0.2, 0) is 30.0 Å². The van der Waals surface area contributed by atoms with Gasteiger partial charge in [-0.25, -0.2) is 17.5 Å². The quantitative estimate of drug-likeness (QED) is 0.843. The van der Waals surface area contributed by atoms with E-state index in [1.807, 2.05) is 0 Å². The molecule has 8 nitrogen and oxygen atoms in total. The van der Waals surface area contributed by atoms with E-state index in [4.69, 9.17) is 5.11 Å². The molecule has 0 fully saturated rings. The normalized spacial score (nSPS) is 14.3. The van der Waals surface area contributed by atoms with Crippen LogP contribution >= 0.6 is 0 Å². The predicted octanol–water partition coefficient (Wildman–Crippen LogP) is 1.17. The molecule has 0 radical (unpaired) electrons. The minimum absolute atomic E-state index is 0.0592. The van der Waals surface area contributed by atoms with Crippen LogP contribution in [0.4, 0.5) is 0 Å². The number of hydrogen-bond acceptors (Lipinski definition) is 4. The summed E-state index contributed by atoms with van der Waals surface area (Å²) in [5.74, 6) is -1.30. The van der Waals surface area contributed by atoms with Crippen LogP contribution in [0.5, 0.6) is 0 Å². The van der Waals surface area contributed by atoms with Crippen LogP contribution in [0.1, 0.15) is 32.0 Å². The summed E-state index contributed by atoms with van der Waals surface area (Å²) in [5, 5.41) is 9.15. The first-order chi connectivity index (χ1) is 12.6. The Balaban J connectivity index is 1.89. The lowest BCUT2D eigenvalue weighted by Gasteiger charge is -2.29. The fourth-order valence-electron chi connectivity index (χ4n) is 3.12. The fourth-order valence-corrected chi connectivity index (χ4v) is 4.10. The highest BCUT2D eigenvalue weighted by Crippen LogP contribution is 2.24. The molecule has 0 aliphatic carbocycles. The first-order valence-electron chi connectivity index (χ1n) is 8.34. The Labute approximate surface area is 157 Å². The molecule has 2 aromatic rings. The molecule has 0 unspecified atom stereocenters. The van der Waals surface area contributed by atoms with Crippen molar-refractivity contribution in [1.82, 2.24) is 13.8 Å². The van der Waals surface area contributed by atoms with Gasteiger partial charge in [-0.05, 0) is 35.7 Å². The van der Waals surface area contributed by atoms with E-state index in [9.17, 15) is 18.0 Å². The van der Waals surface area contributed by atoms with Gasteiger partial charge in [0, 0.05) is 40.4 Å². The van der Waals surface area contributed by atoms with Crippen LogP contribution in [0, 0.1) is 0 Å². The molecule has 1 amide bonds. The Hall–Kier alpha value is -2.65. The minimum atomic E-state index is -3.63. The van der Waals surface area contributed by atoms with Gasteiger partial charge in [0.1, 0.15) is 10.6 Å². The first-order valence-corrected chi connectivity index (χ1v) is 9.78. The van der Waals surface area contributed by atoms with Crippen molar-refractivity contribution in [3.05, 3.63) is 52.8 Å². The van der Waals surface area contributed by atoms with Gasteiger partial charge in [0.15, 0.2) is 0 Å². The fraction of sp³-hybridized carbons (Fsp3) is 0.333. The van der Waals surface area contributed by atoms with Crippen molar-refractivity contribution in [3.63, 3.8) is 0 Å². The monoisotopic (exact) mass is 391 g/mol.